The van der Waals surface area contributed by atoms with Crippen molar-refractivity contribution in [2.24, 2.45) is 0 Å². The first-order valence-corrected chi connectivity index (χ1v) is 9.14. The van der Waals surface area contributed by atoms with Gasteiger partial charge in [0, 0.05) is 15.5 Å². The van der Waals surface area contributed by atoms with Crippen molar-refractivity contribution < 1.29 is 9.21 Å². The number of carbonyl (C=O) groups is 1. The van der Waals surface area contributed by atoms with Crippen LogP contribution in [0.5, 0.6) is 0 Å². The number of rotatable bonds is 5. The van der Waals surface area contributed by atoms with Crippen LogP contribution in [0.2, 0.25) is 10.0 Å². The van der Waals surface area contributed by atoms with Crippen LogP contribution in [0.15, 0.2) is 51.8 Å². The van der Waals surface area contributed by atoms with Gasteiger partial charge in [0.25, 0.3) is 11.8 Å². The standard InChI is InChI=1S/C17H13Cl2N3O2S/c1-2-25-12-6-3-10(4-7-12)15(23)20-17-22-21-16(24-17)13-9-11(18)5-8-14(13)19/h3-9H,2H2,1H3,(H,20,22,23). The molecule has 0 spiro atoms. The zero-order chi connectivity index (χ0) is 17.8. The summed E-state index contributed by atoms with van der Waals surface area (Å²) in [5.41, 5.74) is 1.00. The molecular formula is C17H13Cl2N3O2S. The van der Waals surface area contributed by atoms with Crippen LogP contribution in [0.4, 0.5) is 6.01 Å². The Morgan fingerprint density at radius 2 is 1.92 bits per heavy atom. The van der Waals surface area contributed by atoms with Gasteiger partial charge in [-0.1, -0.05) is 35.2 Å². The quantitative estimate of drug-likeness (QED) is 0.587. The van der Waals surface area contributed by atoms with Crippen LogP contribution in [0, 0.1) is 0 Å². The number of thioether (sulfide) groups is 1. The first-order chi connectivity index (χ1) is 12.1. The van der Waals surface area contributed by atoms with Gasteiger partial charge >= 0.3 is 6.01 Å². The molecule has 128 valence electrons. The Hall–Kier alpha value is -2.02. The predicted molar refractivity (Wildman–Crippen MR) is 101 cm³/mol. The van der Waals surface area contributed by atoms with E-state index in [1.165, 1.54) is 0 Å². The second-order valence-corrected chi connectivity index (χ2v) is 7.13. The molecule has 0 aliphatic carbocycles. The minimum absolute atomic E-state index is 0.0111. The molecule has 0 atom stereocenters. The summed E-state index contributed by atoms with van der Waals surface area (Å²) in [5.74, 6) is 0.820. The molecule has 1 aromatic heterocycles. The van der Waals surface area contributed by atoms with Gasteiger partial charge in [-0.15, -0.1) is 16.9 Å². The van der Waals surface area contributed by atoms with Crippen LogP contribution in [0.25, 0.3) is 11.5 Å². The van der Waals surface area contributed by atoms with Crippen molar-refractivity contribution in [1.82, 2.24) is 10.2 Å². The van der Waals surface area contributed by atoms with Crippen LogP contribution in [-0.2, 0) is 0 Å². The smallest absolute Gasteiger partial charge is 0.322 e. The topological polar surface area (TPSA) is 68.0 Å². The zero-order valence-electron chi connectivity index (χ0n) is 13.1. The van der Waals surface area contributed by atoms with E-state index < -0.39 is 0 Å². The maximum atomic E-state index is 12.3. The highest BCUT2D eigenvalue weighted by Crippen LogP contribution is 2.30. The van der Waals surface area contributed by atoms with E-state index in [4.69, 9.17) is 27.6 Å². The molecule has 0 radical (unpaired) electrons. The molecule has 0 saturated heterocycles. The van der Waals surface area contributed by atoms with Crippen molar-refractivity contribution in [3.63, 3.8) is 0 Å². The van der Waals surface area contributed by atoms with Crippen molar-refractivity contribution in [2.75, 3.05) is 11.1 Å². The highest BCUT2D eigenvalue weighted by Gasteiger charge is 2.15. The summed E-state index contributed by atoms with van der Waals surface area (Å²) < 4.78 is 5.46. The molecule has 0 aliphatic rings. The average Bonchev–Trinajstić information content (AvgIpc) is 3.06. The second-order valence-electron chi connectivity index (χ2n) is 4.95. The van der Waals surface area contributed by atoms with Crippen LogP contribution < -0.4 is 5.32 Å². The lowest BCUT2D eigenvalue weighted by atomic mass is 10.2. The lowest BCUT2D eigenvalue weighted by molar-refractivity contribution is 0.102. The Morgan fingerprint density at radius 1 is 1.16 bits per heavy atom. The number of nitrogens with zero attached hydrogens (tertiary/aromatic N) is 2. The fourth-order valence-corrected chi connectivity index (χ4v) is 3.11. The molecule has 0 saturated carbocycles. The molecule has 1 heterocycles. The van der Waals surface area contributed by atoms with Crippen LogP contribution in [0.3, 0.4) is 0 Å². The monoisotopic (exact) mass is 393 g/mol. The Balaban J connectivity index is 1.74. The highest BCUT2D eigenvalue weighted by molar-refractivity contribution is 7.99. The molecule has 0 aliphatic heterocycles. The molecule has 1 amide bonds. The van der Waals surface area contributed by atoms with E-state index in [0.717, 1.165) is 10.6 Å². The molecule has 5 nitrogen and oxygen atoms in total. The minimum Gasteiger partial charge on any atom is -0.403 e. The SMILES string of the molecule is CCSc1ccc(C(=O)Nc2nnc(-c3cc(Cl)ccc3Cl)o2)cc1. The Kier molecular flexibility index (Phi) is 5.63. The number of amides is 1. The van der Waals surface area contributed by atoms with Crippen molar-refractivity contribution in [3.8, 4) is 11.5 Å². The third-order valence-electron chi connectivity index (χ3n) is 3.23. The highest BCUT2D eigenvalue weighted by atomic mass is 35.5. The third kappa shape index (κ3) is 4.34. The second kappa shape index (κ2) is 7.91. The van der Waals surface area contributed by atoms with E-state index in [1.54, 1.807) is 42.1 Å². The Morgan fingerprint density at radius 3 is 2.64 bits per heavy atom. The average molecular weight is 394 g/mol. The number of carbonyl (C=O) groups excluding carboxylic acids is 1. The largest absolute Gasteiger partial charge is 0.403 e. The van der Waals surface area contributed by atoms with E-state index in [9.17, 15) is 4.79 Å². The number of hydrogen-bond acceptors (Lipinski definition) is 5. The lowest BCUT2D eigenvalue weighted by Crippen LogP contribution is -2.11. The van der Waals surface area contributed by atoms with Gasteiger partial charge in [-0.05, 0) is 48.2 Å². The van der Waals surface area contributed by atoms with E-state index in [2.05, 4.69) is 22.4 Å². The number of nitrogens with one attached hydrogen (secondary N) is 1. The van der Waals surface area contributed by atoms with E-state index in [1.807, 2.05) is 12.1 Å². The molecule has 0 bridgehead atoms. The summed E-state index contributed by atoms with van der Waals surface area (Å²) in [6.45, 7) is 2.07. The molecule has 0 unspecified atom stereocenters. The van der Waals surface area contributed by atoms with E-state index in [0.29, 0.717) is 21.2 Å². The first-order valence-electron chi connectivity index (χ1n) is 7.40. The van der Waals surface area contributed by atoms with Crippen molar-refractivity contribution in [3.05, 3.63) is 58.1 Å². The number of halogens is 2. The van der Waals surface area contributed by atoms with Gasteiger partial charge in [0.15, 0.2) is 0 Å². The maximum absolute atomic E-state index is 12.3. The maximum Gasteiger partial charge on any atom is 0.322 e. The Labute approximate surface area is 158 Å². The van der Waals surface area contributed by atoms with Gasteiger partial charge in [0.1, 0.15) is 0 Å². The molecular weight excluding hydrogens is 381 g/mol. The van der Waals surface area contributed by atoms with Crippen LogP contribution >= 0.6 is 35.0 Å². The van der Waals surface area contributed by atoms with E-state index in [-0.39, 0.29) is 17.8 Å². The normalized spacial score (nSPS) is 10.7. The summed E-state index contributed by atoms with van der Waals surface area (Å²) >= 11 is 13.8. The zero-order valence-corrected chi connectivity index (χ0v) is 15.5. The van der Waals surface area contributed by atoms with Gasteiger partial charge in [-0.25, -0.2) is 0 Å². The molecule has 8 heteroatoms. The third-order valence-corrected chi connectivity index (χ3v) is 4.69. The molecule has 2 aromatic carbocycles. The molecule has 1 N–H and O–H groups in total. The Bertz CT molecular complexity index is 897. The number of benzene rings is 2. The molecule has 25 heavy (non-hydrogen) atoms. The van der Waals surface area contributed by atoms with Gasteiger partial charge in [-0.2, -0.15) is 0 Å². The van der Waals surface area contributed by atoms with Crippen molar-refractivity contribution >= 4 is 46.9 Å². The number of aromatic nitrogens is 2. The predicted octanol–water partition coefficient (Wildman–Crippen LogP) is 5.41. The van der Waals surface area contributed by atoms with Crippen LogP contribution in [0.1, 0.15) is 17.3 Å². The van der Waals surface area contributed by atoms with Gasteiger partial charge in [0.2, 0.25) is 0 Å². The minimum atomic E-state index is -0.333. The van der Waals surface area contributed by atoms with Crippen molar-refractivity contribution in [1.29, 1.82) is 0 Å². The summed E-state index contributed by atoms with van der Waals surface area (Å²) in [7, 11) is 0. The summed E-state index contributed by atoms with van der Waals surface area (Å²) in [5, 5.41) is 11.2. The molecule has 3 rings (SSSR count). The fourth-order valence-electron chi connectivity index (χ4n) is 2.08. The number of hydrogen-bond donors (Lipinski definition) is 1. The summed E-state index contributed by atoms with van der Waals surface area (Å²) in [6, 6.07) is 12.2. The summed E-state index contributed by atoms with van der Waals surface area (Å²) in [4.78, 5) is 13.4. The fraction of sp³-hybridized carbons (Fsp3) is 0.118. The van der Waals surface area contributed by atoms with Crippen LogP contribution in [-0.4, -0.2) is 21.9 Å². The lowest BCUT2D eigenvalue weighted by Gasteiger charge is -2.02. The van der Waals surface area contributed by atoms with Crippen molar-refractivity contribution in [2.45, 2.75) is 11.8 Å². The number of anilines is 1. The first kappa shape index (κ1) is 17.8. The summed E-state index contributed by atoms with van der Waals surface area (Å²) in [6.07, 6.45) is 0. The van der Waals surface area contributed by atoms with E-state index >= 15 is 0 Å². The molecule has 0 fully saturated rings. The molecule has 3 aromatic rings. The van der Waals surface area contributed by atoms with Gasteiger partial charge in [0.05, 0.1) is 10.6 Å². The van der Waals surface area contributed by atoms with Gasteiger partial charge in [-0.3, -0.25) is 10.1 Å². The van der Waals surface area contributed by atoms with Gasteiger partial charge < -0.3 is 4.42 Å².